The molecule has 0 aliphatic carbocycles. The Morgan fingerprint density at radius 1 is 1.32 bits per heavy atom. The molecule has 1 amide bonds. The van der Waals surface area contributed by atoms with Gasteiger partial charge in [-0.3, -0.25) is 9.20 Å². The number of benzene rings is 1. The van der Waals surface area contributed by atoms with Crippen molar-refractivity contribution < 1.29 is 14.3 Å². The summed E-state index contributed by atoms with van der Waals surface area (Å²) >= 11 is 7.68. The molecule has 8 heteroatoms. The van der Waals surface area contributed by atoms with E-state index < -0.39 is 6.04 Å². The quantitative estimate of drug-likeness (QED) is 0.594. The van der Waals surface area contributed by atoms with Gasteiger partial charge in [-0.15, -0.1) is 11.3 Å². The molecule has 1 aliphatic heterocycles. The van der Waals surface area contributed by atoms with Crippen molar-refractivity contribution in [3.8, 4) is 11.3 Å². The predicted octanol–water partition coefficient (Wildman–Crippen LogP) is 4.27. The van der Waals surface area contributed by atoms with Gasteiger partial charge in [0.25, 0.3) is 5.91 Å². The van der Waals surface area contributed by atoms with Crippen LogP contribution in [0, 0.1) is 0 Å². The van der Waals surface area contributed by atoms with Crippen molar-refractivity contribution in [1.82, 2.24) is 14.3 Å². The Hall–Kier alpha value is -2.38. The first-order valence-electron chi connectivity index (χ1n) is 9.29. The van der Waals surface area contributed by atoms with Crippen LogP contribution in [0.2, 0.25) is 5.02 Å². The molecule has 1 fully saturated rings. The molecule has 146 valence electrons. The van der Waals surface area contributed by atoms with Crippen LogP contribution in [0.25, 0.3) is 16.2 Å². The van der Waals surface area contributed by atoms with Crippen LogP contribution in [0.4, 0.5) is 0 Å². The van der Waals surface area contributed by atoms with Crippen molar-refractivity contribution in [2.75, 3.05) is 13.2 Å². The highest BCUT2D eigenvalue weighted by Crippen LogP contribution is 2.30. The smallest absolute Gasteiger partial charge is 0.328 e. The molecule has 1 aliphatic rings. The Morgan fingerprint density at radius 2 is 2.14 bits per heavy atom. The lowest BCUT2D eigenvalue weighted by atomic mass is 10.0. The van der Waals surface area contributed by atoms with E-state index in [-0.39, 0.29) is 11.9 Å². The lowest BCUT2D eigenvalue weighted by molar-refractivity contribution is -0.149. The van der Waals surface area contributed by atoms with Crippen LogP contribution < -0.4 is 0 Å². The highest BCUT2D eigenvalue weighted by atomic mass is 35.5. The minimum atomic E-state index is -0.525. The summed E-state index contributed by atoms with van der Waals surface area (Å²) in [5.74, 6) is -0.503. The molecular weight excluding hydrogens is 398 g/mol. The second-order valence-electron chi connectivity index (χ2n) is 6.64. The molecule has 1 atom stereocenters. The molecule has 0 saturated carbocycles. The number of carbonyl (C=O) groups is 2. The zero-order valence-corrected chi connectivity index (χ0v) is 17.0. The Morgan fingerprint density at radius 3 is 2.93 bits per heavy atom. The van der Waals surface area contributed by atoms with E-state index in [1.807, 2.05) is 30.5 Å². The summed E-state index contributed by atoms with van der Waals surface area (Å²) < 4.78 is 6.96. The van der Waals surface area contributed by atoms with Crippen LogP contribution in [0.3, 0.4) is 0 Å². The fourth-order valence-corrected chi connectivity index (χ4v) is 4.62. The molecule has 3 heterocycles. The average Bonchev–Trinajstić information content (AvgIpc) is 3.29. The Labute approximate surface area is 171 Å². The number of fused-ring (bicyclic) bond motifs is 1. The van der Waals surface area contributed by atoms with E-state index >= 15 is 0 Å². The largest absolute Gasteiger partial charge is 0.464 e. The van der Waals surface area contributed by atoms with Gasteiger partial charge in [0.05, 0.1) is 17.3 Å². The second-order valence-corrected chi connectivity index (χ2v) is 7.89. The van der Waals surface area contributed by atoms with E-state index in [1.54, 1.807) is 21.6 Å². The fraction of sp³-hybridized carbons (Fsp3) is 0.350. The second kappa shape index (κ2) is 7.93. The van der Waals surface area contributed by atoms with Gasteiger partial charge in [0, 0.05) is 23.7 Å². The standard InChI is InChI=1S/C20H20ClN3O3S/c1-2-27-19(26)16-9-5-6-10-23(16)18(25)17-12-28-20-22-15(11-24(17)20)13-7-3-4-8-14(13)21/h3-4,7-8,11-12,16H,2,5-6,9-10H2,1H3. The first-order chi connectivity index (χ1) is 13.6. The van der Waals surface area contributed by atoms with Crippen molar-refractivity contribution in [1.29, 1.82) is 0 Å². The fourth-order valence-electron chi connectivity index (χ4n) is 3.54. The maximum absolute atomic E-state index is 13.3. The number of nitrogens with zero attached hydrogens (tertiary/aromatic N) is 3. The number of aromatic nitrogens is 2. The number of halogens is 1. The number of hydrogen-bond acceptors (Lipinski definition) is 5. The normalized spacial score (nSPS) is 17.1. The molecule has 0 bridgehead atoms. The monoisotopic (exact) mass is 417 g/mol. The van der Waals surface area contributed by atoms with Crippen molar-refractivity contribution in [3.05, 3.63) is 46.6 Å². The van der Waals surface area contributed by atoms with Gasteiger partial charge in [-0.2, -0.15) is 0 Å². The van der Waals surface area contributed by atoms with Gasteiger partial charge < -0.3 is 9.64 Å². The Kier molecular flexibility index (Phi) is 5.37. The molecule has 2 aromatic heterocycles. The number of likely N-dealkylation sites (tertiary alicyclic amines) is 1. The first-order valence-corrected chi connectivity index (χ1v) is 10.5. The molecule has 6 nitrogen and oxygen atoms in total. The van der Waals surface area contributed by atoms with Crippen molar-refractivity contribution in [3.63, 3.8) is 0 Å². The summed E-state index contributed by atoms with van der Waals surface area (Å²) in [7, 11) is 0. The van der Waals surface area contributed by atoms with Crippen molar-refractivity contribution in [2.45, 2.75) is 32.2 Å². The Bertz CT molecular complexity index is 1030. The lowest BCUT2D eigenvalue weighted by Gasteiger charge is -2.33. The van der Waals surface area contributed by atoms with Gasteiger partial charge in [-0.25, -0.2) is 9.78 Å². The summed E-state index contributed by atoms with van der Waals surface area (Å²) in [6, 6.07) is 6.96. The zero-order valence-electron chi connectivity index (χ0n) is 15.4. The third kappa shape index (κ3) is 3.40. The number of esters is 1. The molecule has 0 radical (unpaired) electrons. The molecule has 1 aromatic carbocycles. The third-order valence-electron chi connectivity index (χ3n) is 4.90. The van der Waals surface area contributed by atoms with Gasteiger partial charge >= 0.3 is 5.97 Å². The first kappa shape index (κ1) is 19.0. The molecule has 3 aromatic rings. The molecule has 1 saturated heterocycles. The number of hydrogen-bond donors (Lipinski definition) is 0. The van der Waals surface area contributed by atoms with Crippen LogP contribution in [0.1, 0.15) is 36.7 Å². The topological polar surface area (TPSA) is 63.9 Å². The van der Waals surface area contributed by atoms with Crippen LogP contribution in [-0.2, 0) is 9.53 Å². The van der Waals surface area contributed by atoms with Gasteiger partial charge in [-0.05, 0) is 32.3 Å². The van der Waals surface area contributed by atoms with Crippen LogP contribution in [-0.4, -0.2) is 45.4 Å². The van der Waals surface area contributed by atoms with E-state index in [0.29, 0.717) is 40.9 Å². The molecular formula is C20H20ClN3O3S. The number of carbonyl (C=O) groups excluding carboxylic acids is 2. The summed E-state index contributed by atoms with van der Waals surface area (Å²) in [6.07, 6.45) is 4.24. The van der Waals surface area contributed by atoms with Gasteiger partial charge in [0.1, 0.15) is 11.7 Å². The minimum absolute atomic E-state index is 0.174. The van der Waals surface area contributed by atoms with Gasteiger partial charge in [0.15, 0.2) is 4.96 Å². The third-order valence-corrected chi connectivity index (χ3v) is 6.07. The van der Waals surface area contributed by atoms with E-state index in [4.69, 9.17) is 16.3 Å². The Balaban J connectivity index is 1.67. The molecule has 1 unspecified atom stereocenters. The van der Waals surface area contributed by atoms with Crippen molar-refractivity contribution in [2.24, 2.45) is 0 Å². The summed E-state index contributed by atoms with van der Waals surface area (Å²) in [5.41, 5.74) is 2.04. The maximum Gasteiger partial charge on any atom is 0.328 e. The summed E-state index contributed by atoms with van der Waals surface area (Å²) in [6.45, 7) is 2.63. The number of piperidine rings is 1. The van der Waals surface area contributed by atoms with E-state index in [1.165, 1.54) is 11.3 Å². The highest BCUT2D eigenvalue weighted by Gasteiger charge is 2.34. The number of amides is 1. The van der Waals surface area contributed by atoms with Gasteiger partial charge in [-0.1, -0.05) is 29.8 Å². The molecule has 28 heavy (non-hydrogen) atoms. The predicted molar refractivity (Wildman–Crippen MR) is 109 cm³/mol. The maximum atomic E-state index is 13.3. The number of imidazole rings is 1. The minimum Gasteiger partial charge on any atom is -0.464 e. The van der Waals surface area contributed by atoms with E-state index in [9.17, 15) is 9.59 Å². The molecule has 4 rings (SSSR count). The molecule has 0 spiro atoms. The van der Waals surface area contributed by atoms with Crippen LogP contribution >= 0.6 is 22.9 Å². The SMILES string of the molecule is CCOC(=O)C1CCCCN1C(=O)c1csc2nc(-c3ccccc3Cl)cn12. The van der Waals surface area contributed by atoms with E-state index in [2.05, 4.69) is 4.98 Å². The van der Waals surface area contributed by atoms with Crippen LogP contribution in [0.5, 0.6) is 0 Å². The van der Waals surface area contributed by atoms with Crippen molar-refractivity contribution >= 4 is 39.8 Å². The highest BCUT2D eigenvalue weighted by molar-refractivity contribution is 7.15. The number of thiazole rings is 1. The summed E-state index contributed by atoms with van der Waals surface area (Å²) in [4.78, 5) is 32.5. The average molecular weight is 418 g/mol. The van der Waals surface area contributed by atoms with Crippen LogP contribution in [0.15, 0.2) is 35.8 Å². The number of rotatable bonds is 4. The molecule has 0 N–H and O–H groups in total. The van der Waals surface area contributed by atoms with Gasteiger partial charge in [0.2, 0.25) is 0 Å². The summed E-state index contributed by atoms with van der Waals surface area (Å²) in [5, 5.41) is 2.40. The van der Waals surface area contributed by atoms with E-state index in [0.717, 1.165) is 18.4 Å². The number of ether oxygens (including phenoxy) is 1. The zero-order chi connectivity index (χ0) is 19.7. The lowest BCUT2D eigenvalue weighted by Crippen LogP contribution is -2.48.